The summed E-state index contributed by atoms with van der Waals surface area (Å²) in [5, 5.41) is 0. The van der Waals surface area contributed by atoms with Gasteiger partial charge in [-0.25, -0.2) is 9.97 Å². The molecule has 3 aliphatic heterocycles. The minimum Gasteiger partial charge on any atom is -0.358 e. The lowest BCUT2D eigenvalue weighted by molar-refractivity contribution is -0.138. The van der Waals surface area contributed by atoms with E-state index >= 15 is 0 Å². The van der Waals surface area contributed by atoms with E-state index in [-0.39, 0.29) is 12.0 Å². The van der Waals surface area contributed by atoms with E-state index in [1.807, 2.05) is 26.2 Å². The number of aryl methyl sites for hydroxylation is 1. The van der Waals surface area contributed by atoms with Gasteiger partial charge in [-0.05, 0) is 57.3 Å². The first-order valence-corrected chi connectivity index (χ1v) is 13.2. The number of Topliss-reactive ketones (excluding diaryl/α,β-unsaturated/α-hetero) is 1. The van der Waals surface area contributed by atoms with Crippen LogP contribution in [0.15, 0.2) is 36.7 Å². The first kappa shape index (κ1) is 23.9. The molecule has 5 rings (SSSR count). The predicted octanol–water partition coefficient (Wildman–Crippen LogP) is 3.40. The van der Waals surface area contributed by atoms with E-state index in [2.05, 4.69) is 48.9 Å². The fourth-order valence-corrected chi connectivity index (χ4v) is 6.09. The van der Waals surface area contributed by atoms with Gasteiger partial charge in [-0.1, -0.05) is 25.1 Å². The molecule has 0 spiro atoms. The maximum Gasteiger partial charge on any atom is 0.225 e. The summed E-state index contributed by atoms with van der Waals surface area (Å²) in [7, 11) is 0. The predicted molar refractivity (Wildman–Crippen MR) is 136 cm³/mol. The molecule has 0 aliphatic carbocycles. The Labute approximate surface area is 208 Å². The number of hydrogen-bond acceptors (Lipinski definition) is 6. The topological polar surface area (TPSA) is 69.6 Å². The zero-order valence-corrected chi connectivity index (χ0v) is 21.0. The van der Waals surface area contributed by atoms with Gasteiger partial charge in [-0.2, -0.15) is 0 Å². The van der Waals surface area contributed by atoms with Crippen molar-refractivity contribution in [3.63, 3.8) is 0 Å². The second-order valence-electron chi connectivity index (χ2n) is 10.3. The zero-order chi connectivity index (χ0) is 24.4. The van der Waals surface area contributed by atoms with Crippen LogP contribution in [0.5, 0.6) is 0 Å². The van der Waals surface area contributed by atoms with E-state index in [4.69, 9.17) is 0 Å². The standard InChI is InChI=1S/C28H37N5O2/c1-3-27(34)26-16-23-6-4-5-7-25(23)33(26)24-10-14-32(15-11-24)28(35)22-8-12-31(13-9-22)19-21-17-29-20(2)30-18-21/h4-7,17-18,22,24,26H,3,8-16,19H2,1-2H3. The summed E-state index contributed by atoms with van der Waals surface area (Å²) < 4.78 is 0. The largest absolute Gasteiger partial charge is 0.358 e. The molecule has 4 heterocycles. The monoisotopic (exact) mass is 475 g/mol. The zero-order valence-electron chi connectivity index (χ0n) is 21.0. The molecule has 1 atom stereocenters. The van der Waals surface area contributed by atoms with Crippen molar-refractivity contribution in [2.75, 3.05) is 31.1 Å². The quantitative estimate of drug-likeness (QED) is 0.638. The van der Waals surface area contributed by atoms with Gasteiger partial charge in [0.1, 0.15) is 5.82 Å². The van der Waals surface area contributed by atoms with Gasteiger partial charge in [0, 0.05) is 68.1 Å². The van der Waals surface area contributed by atoms with Crippen molar-refractivity contribution in [3.05, 3.63) is 53.6 Å². The van der Waals surface area contributed by atoms with Gasteiger partial charge >= 0.3 is 0 Å². The van der Waals surface area contributed by atoms with Crippen molar-refractivity contribution in [2.24, 2.45) is 5.92 Å². The van der Waals surface area contributed by atoms with E-state index in [9.17, 15) is 9.59 Å². The van der Waals surface area contributed by atoms with Crippen molar-refractivity contribution < 1.29 is 9.59 Å². The molecule has 0 N–H and O–H groups in total. The second-order valence-corrected chi connectivity index (χ2v) is 10.3. The summed E-state index contributed by atoms with van der Waals surface area (Å²) in [5.41, 5.74) is 3.63. The highest BCUT2D eigenvalue weighted by Crippen LogP contribution is 2.37. The summed E-state index contributed by atoms with van der Waals surface area (Å²) >= 11 is 0. The van der Waals surface area contributed by atoms with Crippen LogP contribution in [0.1, 0.15) is 56.0 Å². The van der Waals surface area contributed by atoms with Gasteiger partial charge < -0.3 is 9.80 Å². The lowest BCUT2D eigenvalue weighted by Crippen LogP contribution is -2.52. The number of anilines is 1. The van der Waals surface area contributed by atoms with Crippen LogP contribution in [-0.2, 0) is 22.6 Å². The molecule has 186 valence electrons. The fourth-order valence-electron chi connectivity index (χ4n) is 6.09. The third-order valence-corrected chi connectivity index (χ3v) is 8.09. The molecule has 2 saturated heterocycles. The number of carbonyl (C=O) groups is 2. The molecule has 2 aromatic rings. The number of piperidine rings is 2. The van der Waals surface area contributed by atoms with E-state index in [1.165, 1.54) is 11.3 Å². The summed E-state index contributed by atoms with van der Waals surface area (Å²) in [4.78, 5) is 41.5. The van der Waals surface area contributed by atoms with E-state index in [0.29, 0.717) is 24.2 Å². The van der Waals surface area contributed by atoms with Crippen molar-refractivity contribution in [1.82, 2.24) is 19.8 Å². The maximum atomic E-state index is 13.3. The second kappa shape index (κ2) is 10.4. The molecule has 0 saturated carbocycles. The Bertz CT molecular complexity index is 1040. The average Bonchev–Trinajstić information content (AvgIpc) is 3.29. The Hall–Kier alpha value is -2.80. The average molecular weight is 476 g/mol. The highest BCUT2D eigenvalue weighted by atomic mass is 16.2. The van der Waals surface area contributed by atoms with Crippen LogP contribution in [0.25, 0.3) is 0 Å². The van der Waals surface area contributed by atoms with Gasteiger partial charge in [0.05, 0.1) is 6.04 Å². The Morgan fingerprint density at radius 3 is 2.34 bits per heavy atom. The lowest BCUT2D eigenvalue weighted by atomic mass is 9.93. The summed E-state index contributed by atoms with van der Waals surface area (Å²) in [6.07, 6.45) is 8.88. The van der Waals surface area contributed by atoms with Gasteiger partial charge in [0.2, 0.25) is 5.91 Å². The number of fused-ring (bicyclic) bond motifs is 1. The molecule has 0 radical (unpaired) electrons. The highest BCUT2D eigenvalue weighted by molar-refractivity contribution is 5.90. The Morgan fingerprint density at radius 2 is 1.66 bits per heavy atom. The Balaban J connectivity index is 1.14. The van der Waals surface area contributed by atoms with Crippen LogP contribution in [0, 0.1) is 12.8 Å². The van der Waals surface area contributed by atoms with Crippen molar-refractivity contribution in [3.8, 4) is 0 Å². The summed E-state index contributed by atoms with van der Waals surface area (Å²) in [6.45, 7) is 8.16. The molecular formula is C28H37N5O2. The van der Waals surface area contributed by atoms with E-state index in [1.54, 1.807) is 0 Å². The van der Waals surface area contributed by atoms with Crippen LogP contribution in [0.2, 0.25) is 0 Å². The minimum absolute atomic E-state index is 0.0482. The Kier molecular flexibility index (Phi) is 7.14. The molecule has 1 aromatic heterocycles. The number of aromatic nitrogens is 2. The molecule has 1 aromatic carbocycles. The van der Waals surface area contributed by atoms with Crippen molar-refractivity contribution >= 4 is 17.4 Å². The number of ketones is 1. The summed E-state index contributed by atoms with van der Waals surface area (Å²) in [5.74, 6) is 1.57. The van der Waals surface area contributed by atoms with Gasteiger partial charge in [-0.3, -0.25) is 14.5 Å². The molecule has 35 heavy (non-hydrogen) atoms. The number of hydrogen-bond donors (Lipinski definition) is 0. The number of amides is 1. The van der Waals surface area contributed by atoms with Crippen molar-refractivity contribution in [2.45, 2.75) is 71.0 Å². The number of carbonyl (C=O) groups excluding carboxylic acids is 2. The van der Waals surface area contributed by atoms with Crippen LogP contribution in [-0.4, -0.2) is 69.7 Å². The number of rotatable bonds is 6. The number of para-hydroxylation sites is 1. The molecule has 1 amide bonds. The highest BCUT2D eigenvalue weighted by Gasteiger charge is 2.39. The van der Waals surface area contributed by atoms with Gasteiger partial charge in [-0.15, -0.1) is 0 Å². The van der Waals surface area contributed by atoms with E-state index in [0.717, 1.165) is 76.2 Å². The third-order valence-electron chi connectivity index (χ3n) is 8.09. The molecule has 3 aliphatic rings. The lowest BCUT2D eigenvalue weighted by Gasteiger charge is -2.42. The first-order valence-electron chi connectivity index (χ1n) is 13.2. The SMILES string of the molecule is CCC(=O)C1Cc2ccccc2N1C1CCN(C(=O)C2CCN(Cc3cnc(C)nc3)CC2)CC1. The molecular weight excluding hydrogens is 438 g/mol. The van der Waals surface area contributed by atoms with Crippen LogP contribution in [0.4, 0.5) is 5.69 Å². The molecule has 1 unspecified atom stereocenters. The fraction of sp³-hybridized carbons (Fsp3) is 0.571. The molecule has 7 heteroatoms. The maximum absolute atomic E-state index is 13.3. The Morgan fingerprint density at radius 1 is 0.971 bits per heavy atom. The first-order chi connectivity index (χ1) is 17.0. The number of likely N-dealkylation sites (tertiary alicyclic amines) is 2. The smallest absolute Gasteiger partial charge is 0.225 e. The van der Waals surface area contributed by atoms with Crippen LogP contribution in [0.3, 0.4) is 0 Å². The van der Waals surface area contributed by atoms with Crippen molar-refractivity contribution in [1.29, 1.82) is 0 Å². The summed E-state index contributed by atoms with van der Waals surface area (Å²) in [6, 6.07) is 8.72. The molecule has 7 nitrogen and oxygen atoms in total. The van der Waals surface area contributed by atoms with Gasteiger partial charge in [0.25, 0.3) is 0 Å². The third kappa shape index (κ3) is 5.10. The van der Waals surface area contributed by atoms with Gasteiger partial charge in [0.15, 0.2) is 5.78 Å². The number of nitrogens with zero attached hydrogens (tertiary/aromatic N) is 5. The number of benzene rings is 1. The molecule has 2 fully saturated rings. The van der Waals surface area contributed by atoms with Crippen LogP contribution < -0.4 is 4.90 Å². The van der Waals surface area contributed by atoms with Crippen LogP contribution >= 0.6 is 0 Å². The minimum atomic E-state index is -0.0482. The normalized spacial score (nSPS) is 21.8. The molecule has 0 bridgehead atoms. The van der Waals surface area contributed by atoms with E-state index < -0.39 is 0 Å².